The number of nitrogens with one attached hydrogen (secondary N) is 1. The minimum absolute atomic E-state index is 0.129. The Kier molecular flexibility index (Phi) is 5.26. The van der Waals surface area contributed by atoms with Crippen LogP contribution in [0.4, 0.5) is 0 Å². The van der Waals surface area contributed by atoms with Gasteiger partial charge in [-0.1, -0.05) is 26.7 Å². The molecule has 0 saturated heterocycles. The van der Waals surface area contributed by atoms with Gasteiger partial charge in [0.05, 0.1) is 5.92 Å². The molecule has 0 aromatic rings. The molecule has 0 heterocycles. The molecule has 3 nitrogen and oxygen atoms in total. The molecule has 0 spiro atoms. The minimum atomic E-state index is -0.623. The van der Waals surface area contributed by atoms with Crippen molar-refractivity contribution in [3.63, 3.8) is 0 Å². The van der Waals surface area contributed by atoms with Gasteiger partial charge in [0.2, 0.25) is 0 Å². The van der Waals surface area contributed by atoms with Crippen LogP contribution in [-0.4, -0.2) is 23.2 Å². The fraction of sp³-hybridized carbons (Fsp3) is 0.923. The summed E-state index contributed by atoms with van der Waals surface area (Å²) in [6.07, 6.45) is 5.00. The van der Waals surface area contributed by atoms with Crippen LogP contribution in [-0.2, 0) is 4.79 Å². The first-order chi connectivity index (χ1) is 7.54. The van der Waals surface area contributed by atoms with E-state index in [0.717, 1.165) is 25.7 Å². The first kappa shape index (κ1) is 13.5. The fourth-order valence-electron chi connectivity index (χ4n) is 2.46. The number of carbonyl (C=O) groups is 1. The standard InChI is InChI=1S/C13H25NO2/c1-4-9(2)10(3)14-12-7-5-6-11(8-12)13(15)16/h9-12,14H,4-8H2,1-3H3,(H,15,16). The molecule has 3 heteroatoms. The second-order valence-electron chi connectivity index (χ2n) is 5.24. The first-order valence-electron chi connectivity index (χ1n) is 6.53. The average molecular weight is 227 g/mol. The smallest absolute Gasteiger partial charge is 0.306 e. The van der Waals surface area contributed by atoms with Crippen LogP contribution in [0.1, 0.15) is 52.9 Å². The van der Waals surface area contributed by atoms with Gasteiger partial charge in [-0.15, -0.1) is 0 Å². The van der Waals surface area contributed by atoms with Crippen molar-refractivity contribution < 1.29 is 9.90 Å². The maximum absolute atomic E-state index is 10.9. The Bertz CT molecular complexity index is 230. The molecule has 2 N–H and O–H groups in total. The van der Waals surface area contributed by atoms with Crippen molar-refractivity contribution in [2.24, 2.45) is 11.8 Å². The van der Waals surface area contributed by atoms with E-state index in [1.807, 2.05) is 0 Å². The van der Waals surface area contributed by atoms with E-state index < -0.39 is 5.97 Å². The zero-order valence-corrected chi connectivity index (χ0v) is 10.7. The Morgan fingerprint density at radius 1 is 1.44 bits per heavy atom. The Labute approximate surface area is 98.6 Å². The molecule has 4 unspecified atom stereocenters. The van der Waals surface area contributed by atoms with Gasteiger partial charge in [-0.2, -0.15) is 0 Å². The van der Waals surface area contributed by atoms with Crippen molar-refractivity contribution >= 4 is 5.97 Å². The second-order valence-corrected chi connectivity index (χ2v) is 5.24. The summed E-state index contributed by atoms with van der Waals surface area (Å²) in [5, 5.41) is 12.6. The van der Waals surface area contributed by atoms with E-state index in [-0.39, 0.29) is 5.92 Å². The zero-order chi connectivity index (χ0) is 12.1. The fourth-order valence-corrected chi connectivity index (χ4v) is 2.46. The minimum Gasteiger partial charge on any atom is -0.481 e. The summed E-state index contributed by atoms with van der Waals surface area (Å²) < 4.78 is 0. The van der Waals surface area contributed by atoms with Gasteiger partial charge in [-0.3, -0.25) is 4.79 Å². The van der Waals surface area contributed by atoms with Crippen molar-refractivity contribution in [1.82, 2.24) is 5.32 Å². The largest absolute Gasteiger partial charge is 0.481 e. The van der Waals surface area contributed by atoms with Gasteiger partial charge in [0.25, 0.3) is 0 Å². The van der Waals surface area contributed by atoms with E-state index in [1.165, 1.54) is 6.42 Å². The number of hydrogen-bond donors (Lipinski definition) is 2. The van der Waals surface area contributed by atoms with Crippen LogP contribution < -0.4 is 5.32 Å². The Hall–Kier alpha value is -0.570. The van der Waals surface area contributed by atoms with Crippen LogP contribution in [0.2, 0.25) is 0 Å². The molecule has 0 bridgehead atoms. The van der Waals surface area contributed by atoms with E-state index in [2.05, 4.69) is 26.1 Å². The van der Waals surface area contributed by atoms with Crippen molar-refractivity contribution in [2.45, 2.75) is 65.0 Å². The highest BCUT2D eigenvalue weighted by Crippen LogP contribution is 2.25. The topological polar surface area (TPSA) is 49.3 Å². The number of carboxylic acids is 1. The molecule has 1 aliphatic rings. The monoisotopic (exact) mass is 227 g/mol. The van der Waals surface area contributed by atoms with E-state index in [0.29, 0.717) is 18.0 Å². The Balaban J connectivity index is 2.39. The van der Waals surface area contributed by atoms with Gasteiger partial charge in [0.15, 0.2) is 0 Å². The van der Waals surface area contributed by atoms with Gasteiger partial charge < -0.3 is 10.4 Å². The Morgan fingerprint density at radius 2 is 2.12 bits per heavy atom. The summed E-state index contributed by atoms with van der Waals surface area (Å²) in [5.41, 5.74) is 0. The Morgan fingerprint density at radius 3 is 2.69 bits per heavy atom. The van der Waals surface area contributed by atoms with Gasteiger partial charge >= 0.3 is 5.97 Å². The molecule has 1 saturated carbocycles. The molecular formula is C13H25NO2. The van der Waals surface area contributed by atoms with Crippen LogP contribution in [0.5, 0.6) is 0 Å². The molecule has 94 valence electrons. The summed E-state index contributed by atoms with van der Waals surface area (Å²) in [4.78, 5) is 10.9. The molecule has 1 fully saturated rings. The van der Waals surface area contributed by atoms with Gasteiger partial charge in [0.1, 0.15) is 0 Å². The third-order valence-electron chi connectivity index (χ3n) is 4.02. The normalized spacial score (nSPS) is 29.7. The molecule has 16 heavy (non-hydrogen) atoms. The lowest BCUT2D eigenvalue weighted by atomic mass is 9.85. The maximum Gasteiger partial charge on any atom is 0.306 e. The van der Waals surface area contributed by atoms with Gasteiger partial charge in [-0.25, -0.2) is 0 Å². The van der Waals surface area contributed by atoms with Crippen molar-refractivity contribution in [2.75, 3.05) is 0 Å². The SMILES string of the molecule is CCC(C)C(C)NC1CCCC(C(=O)O)C1. The lowest BCUT2D eigenvalue weighted by Crippen LogP contribution is -2.43. The van der Waals surface area contributed by atoms with Gasteiger partial charge in [0, 0.05) is 12.1 Å². The second kappa shape index (κ2) is 6.24. The average Bonchev–Trinajstić information content (AvgIpc) is 2.28. The predicted octanol–water partition coefficient (Wildman–Crippen LogP) is 2.65. The summed E-state index contributed by atoms with van der Waals surface area (Å²) in [5.74, 6) is -0.0942. The number of carboxylic acid groups (broad SMARTS) is 1. The van der Waals surface area contributed by atoms with Gasteiger partial charge in [-0.05, 0) is 32.1 Å². The van der Waals surface area contributed by atoms with Crippen LogP contribution >= 0.6 is 0 Å². The maximum atomic E-state index is 10.9. The van der Waals surface area contributed by atoms with Crippen LogP contribution in [0.15, 0.2) is 0 Å². The third-order valence-corrected chi connectivity index (χ3v) is 4.02. The van der Waals surface area contributed by atoms with Crippen LogP contribution in [0, 0.1) is 11.8 Å². The lowest BCUT2D eigenvalue weighted by molar-refractivity contribution is -0.143. The summed E-state index contributed by atoms with van der Waals surface area (Å²) >= 11 is 0. The quantitative estimate of drug-likeness (QED) is 0.759. The highest BCUT2D eigenvalue weighted by atomic mass is 16.4. The molecule has 0 aliphatic heterocycles. The molecule has 4 atom stereocenters. The molecule has 0 amide bonds. The molecule has 1 rings (SSSR count). The first-order valence-corrected chi connectivity index (χ1v) is 6.53. The number of rotatable bonds is 5. The van der Waals surface area contributed by atoms with Crippen molar-refractivity contribution in [1.29, 1.82) is 0 Å². The highest BCUT2D eigenvalue weighted by Gasteiger charge is 2.27. The van der Waals surface area contributed by atoms with Crippen molar-refractivity contribution in [3.05, 3.63) is 0 Å². The van der Waals surface area contributed by atoms with E-state index >= 15 is 0 Å². The summed E-state index contributed by atoms with van der Waals surface area (Å²) in [6, 6.07) is 0.890. The third kappa shape index (κ3) is 3.78. The zero-order valence-electron chi connectivity index (χ0n) is 10.7. The highest BCUT2D eigenvalue weighted by molar-refractivity contribution is 5.70. The van der Waals surface area contributed by atoms with E-state index in [1.54, 1.807) is 0 Å². The predicted molar refractivity (Wildman–Crippen MR) is 65.4 cm³/mol. The molecule has 0 radical (unpaired) electrons. The lowest BCUT2D eigenvalue weighted by Gasteiger charge is -2.32. The summed E-state index contributed by atoms with van der Waals surface area (Å²) in [6.45, 7) is 6.65. The molecule has 1 aliphatic carbocycles. The van der Waals surface area contributed by atoms with E-state index in [9.17, 15) is 4.79 Å². The van der Waals surface area contributed by atoms with Crippen molar-refractivity contribution in [3.8, 4) is 0 Å². The molecule has 0 aromatic carbocycles. The van der Waals surface area contributed by atoms with Crippen LogP contribution in [0.25, 0.3) is 0 Å². The van der Waals surface area contributed by atoms with Crippen LogP contribution in [0.3, 0.4) is 0 Å². The summed E-state index contributed by atoms with van der Waals surface area (Å²) in [7, 11) is 0. The molecule has 0 aromatic heterocycles. The number of aliphatic carboxylic acids is 1. The molecular weight excluding hydrogens is 202 g/mol. The van der Waals surface area contributed by atoms with E-state index in [4.69, 9.17) is 5.11 Å². The number of hydrogen-bond acceptors (Lipinski definition) is 2.